The van der Waals surface area contributed by atoms with Crippen molar-refractivity contribution in [2.75, 3.05) is 7.05 Å². The van der Waals surface area contributed by atoms with E-state index in [9.17, 15) is 9.59 Å². The zero-order valence-electron chi connectivity index (χ0n) is 15.9. The van der Waals surface area contributed by atoms with Crippen molar-refractivity contribution in [3.63, 3.8) is 0 Å². The summed E-state index contributed by atoms with van der Waals surface area (Å²) in [4.78, 5) is 27.2. The first-order valence-electron chi connectivity index (χ1n) is 9.95. The Labute approximate surface area is 151 Å². The summed E-state index contributed by atoms with van der Waals surface area (Å²) in [7, 11) is 1.94. The molecule has 0 aromatic rings. The topological polar surface area (TPSA) is 37.4 Å². The van der Waals surface area contributed by atoms with Gasteiger partial charge in [0.15, 0.2) is 0 Å². The Kier molecular flexibility index (Phi) is 3.79. The minimum Gasteiger partial charge on any atom is -0.319 e. The van der Waals surface area contributed by atoms with Gasteiger partial charge in [0.25, 0.3) is 0 Å². The Morgan fingerprint density at radius 3 is 2.72 bits per heavy atom. The van der Waals surface area contributed by atoms with Crippen molar-refractivity contribution in [1.82, 2.24) is 4.90 Å². The van der Waals surface area contributed by atoms with E-state index in [4.69, 9.17) is 0 Å². The molecule has 3 aliphatic carbocycles. The molecule has 1 aliphatic heterocycles. The van der Waals surface area contributed by atoms with E-state index >= 15 is 0 Å². The second-order valence-electron chi connectivity index (χ2n) is 9.35. The van der Waals surface area contributed by atoms with Gasteiger partial charge in [0.1, 0.15) is 5.78 Å². The van der Waals surface area contributed by atoms with Gasteiger partial charge in [0.05, 0.1) is 0 Å². The maximum absolute atomic E-state index is 13.1. The fourth-order valence-corrected chi connectivity index (χ4v) is 6.93. The summed E-state index contributed by atoms with van der Waals surface area (Å²) in [5.74, 6) is 2.63. The number of hydrogen-bond acceptors (Lipinski definition) is 2. The standard InChI is InChI=1S/C22H31NO2/c1-5-6-14-13-17-15-7-8-18-21(2,12-10-19(24)23(18)4)16(15)9-11-22(17,3)20(14)25/h5,8,14-17H,1,6-7,9-13H2,2-4H3/t14-,15?,16?,17?,21+,22-/m0/s1. The number of amides is 1. The molecule has 25 heavy (non-hydrogen) atoms. The number of Topliss-reactive ketones (excluding diaryl/α,β-unsaturated/α-hetero) is 1. The summed E-state index contributed by atoms with van der Waals surface area (Å²) in [6.07, 6.45) is 10.9. The van der Waals surface area contributed by atoms with Crippen LogP contribution in [-0.4, -0.2) is 23.6 Å². The molecule has 1 heterocycles. The quantitative estimate of drug-likeness (QED) is 0.700. The monoisotopic (exact) mass is 341 g/mol. The number of allylic oxidation sites excluding steroid dienone is 3. The van der Waals surface area contributed by atoms with Gasteiger partial charge < -0.3 is 4.90 Å². The molecule has 4 aliphatic rings. The summed E-state index contributed by atoms with van der Waals surface area (Å²) in [5, 5.41) is 0. The molecule has 6 atom stereocenters. The van der Waals surface area contributed by atoms with Gasteiger partial charge in [-0.25, -0.2) is 0 Å². The Hall–Kier alpha value is -1.38. The molecule has 0 spiro atoms. The summed E-state index contributed by atoms with van der Waals surface area (Å²) >= 11 is 0. The highest BCUT2D eigenvalue weighted by Crippen LogP contribution is 2.64. The Morgan fingerprint density at radius 2 is 2.00 bits per heavy atom. The fraction of sp³-hybridized carbons (Fsp3) is 0.727. The molecule has 4 rings (SSSR count). The van der Waals surface area contributed by atoms with E-state index in [1.807, 2.05) is 18.0 Å². The summed E-state index contributed by atoms with van der Waals surface area (Å²) in [5.41, 5.74) is 1.22. The molecule has 0 bridgehead atoms. The maximum atomic E-state index is 13.1. The number of carbonyl (C=O) groups excluding carboxylic acids is 2. The number of ketones is 1. The van der Waals surface area contributed by atoms with Crippen LogP contribution in [0.4, 0.5) is 0 Å². The molecule has 0 radical (unpaired) electrons. The van der Waals surface area contributed by atoms with Crippen molar-refractivity contribution in [3.8, 4) is 0 Å². The van der Waals surface area contributed by atoms with Crippen LogP contribution in [0, 0.1) is 34.5 Å². The minimum absolute atomic E-state index is 0.104. The lowest BCUT2D eigenvalue weighted by atomic mass is 9.50. The summed E-state index contributed by atoms with van der Waals surface area (Å²) in [6, 6.07) is 0. The van der Waals surface area contributed by atoms with Crippen LogP contribution in [0.25, 0.3) is 0 Å². The largest absolute Gasteiger partial charge is 0.319 e. The highest BCUT2D eigenvalue weighted by atomic mass is 16.2. The Morgan fingerprint density at radius 1 is 1.24 bits per heavy atom. The first kappa shape index (κ1) is 17.1. The smallest absolute Gasteiger partial charge is 0.226 e. The SMILES string of the molecule is C=CC[C@H]1CC2C3CC=C4N(C)C(=O)CC[C@]4(C)C3CC[C@]2(C)C1=O. The third-order valence-corrected chi connectivity index (χ3v) is 8.33. The molecule has 0 aromatic heterocycles. The van der Waals surface area contributed by atoms with Gasteiger partial charge in [-0.1, -0.05) is 26.0 Å². The average Bonchev–Trinajstić information content (AvgIpc) is 2.84. The van der Waals surface area contributed by atoms with E-state index in [0.29, 0.717) is 30.0 Å². The van der Waals surface area contributed by atoms with Gasteiger partial charge >= 0.3 is 0 Å². The summed E-state index contributed by atoms with van der Waals surface area (Å²) in [6.45, 7) is 8.47. The number of piperidine rings is 1. The van der Waals surface area contributed by atoms with E-state index in [2.05, 4.69) is 26.5 Å². The molecule has 136 valence electrons. The van der Waals surface area contributed by atoms with Gasteiger partial charge in [-0.2, -0.15) is 0 Å². The van der Waals surface area contributed by atoms with Crippen molar-refractivity contribution < 1.29 is 9.59 Å². The first-order chi connectivity index (χ1) is 11.8. The molecule has 3 nitrogen and oxygen atoms in total. The van der Waals surface area contributed by atoms with Gasteiger partial charge in [-0.3, -0.25) is 9.59 Å². The minimum atomic E-state index is -0.132. The number of hydrogen-bond donors (Lipinski definition) is 0. The number of nitrogens with zero attached hydrogens (tertiary/aromatic N) is 1. The van der Waals surface area contributed by atoms with Gasteiger partial charge in [0.2, 0.25) is 5.91 Å². The van der Waals surface area contributed by atoms with Crippen LogP contribution in [0.2, 0.25) is 0 Å². The van der Waals surface area contributed by atoms with E-state index in [1.54, 1.807) is 0 Å². The van der Waals surface area contributed by atoms with Crippen molar-refractivity contribution >= 4 is 11.7 Å². The number of fused-ring (bicyclic) bond motifs is 5. The molecule has 2 saturated carbocycles. The third-order valence-electron chi connectivity index (χ3n) is 8.33. The zero-order valence-corrected chi connectivity index (χ0v) is 15.9. The first-order valence-corrected chi connectivity index (χ1v) is 9.95. The van der Waals surface area contributed by atoms with E-state index in [0.717, 1.165) is 38.5 Å². The van der Waals surface area contributed by atoms with Crippen molar-refractivity contribution in [1.29, 1.82) is 0 Å². The van der Waals surface area contributed by atoms with Crippen LogP contribution in [0.15, 0.2) is 24.4 Å². The molecule has 0 aromatic carbocycles. The van der Waals surface area contributed by atoms with Crippen LogP contribution in [0.3, 0.4) is 0 Å². The normalized spacial score (nSPS) is 46.2. The van der Waals surface area contributed by atoms with Gasteiger partial charge in [-0.05, 0) is 56.3 Å². The lowest BCUT2D eigenvalue weighted by Gasteiger charge is -2.57. The van der Waals surface area contributed by atoms with Gasteiger partial charge in [-0.15, -0.1) is 6.58 Å². The fourth-order valence-electron chi connectivity index (χ4n) is 6.93. The number of carbonyl (C=O) groups is 2. The molecule has 0 N–H and O–H groups in total. The zero-order chi connectivity index (χ0) is 18.0. The highest BCUT2D eigenvalue weighted by molar-refractivity contribution is 5.89. The van der Waals surface area contributed by atoms with Crippen LogP contribution >= 0.6 is 0 Å². The molecule has 3 fully saturated rings. The van der Waals surface area contributed by atoms with Crippen molar-refractivity contribution in [2.45, 2.75) is 58.8 Å². The van der Waals surface area contributed by atoms with Crippen LogP contribution < -0.4 is 0 Å². The highest BCUT2D eigenvalue weighted by Gasteiger charge is 2.61. The lowest BCUT2D eigenvalue weighted by molar-refractivity contribution is -0.138. The molecular weight excluding hydrogens is 310 g/mol. The Bertz CT molecular complexity index is 665. The lowest BCUT2D eigenvalue weighted by Crippen LogP contribution is -2.53. The predicted octanol–water partition coefficient (Wildman–Crippen LogP) is 4.35. The predicted molar refractivity (Wildman–Crippen MR) is 98.6 cm³/mol. The summed E-state index contributed by atoms with van der Waals surface area (Å²) < 4.78 is 0. The van der Waals surface area contributed by atoms with E-state index in [-0.39, 0.29) is 22.7 Å². The molecule has 3 heteroatoms. The molecule has 1 saturated heterocycles. The molecule has 1 amide bonds. The molecular formula is C22H31NO2. The second kappa shape index (κ2) is 5.56. The number of likely N-dealkylation sites (tertiary alicyclic amines) is 1. The maximum Gasteiger partial charge on any atom is 0.226 e. The van der Waals surface area contributed by atoms with Crippen molar-refractivity contribution in [2.24, 2.45) is 34.5 Å². The van der Waals surface area contributed by atoms with E-state index < -0.39 is 0 Å². The van der Waals surface area contributed by atoms with Gasteiger partial charge in [0, 0.05) is 35.9 Å². The molecule has 3 unspecified atom stereocenters. The van der Waals surface area contributed by atoms with E-state index in [1.165, 1.54) is 5.70 Å². The number of rotatable bonds is 2. The Balaban J connectivity index is 1.69. The van der Waals surface area contributed by atoms with Crippen LogP contribution in [-0.2, 0) is 9.59 Å². The van der Waals surface area contributed by atoms with Crippen molar-refractivity contribution in [3.05, 3.63) is 24.4 Å². The van der Waals surface area contributed by atoms with Crippen LogP contribution in [0.1, 0.15) is 58.8 Å². The third kappa shape index (κ3) is 2.17. The average molecular weight is 341 g/mol. The second-order valence-corrected chi connectivity index (χ2v) is 9.35. The van der Waals surface area contributed by atoms with Crippen LogP contribution in [0.5, 0.6) is 0 Å².